The highest BCUT2D eigenvalue weighted by atomic mass is 79.9. The summed E-state index contributed by atoms with van der Waals surface area (Å²) in [6.07, 6.45) is 0. The fourth-order valence-corrected chi connectivity index (χ4v) is 8.19. The second-order valence-corrected chi connectivity index (χ2v) is 12.5. The van der Waals surface area contributed by atoms with Crippen LogP contribution in [0.1, 0.15) is 16.4 Å². The van der Waals surface area contributed by atoms with Crippen LogP contribution in [0.2, 0.25) is 0 Å². The van der Waals surface area contributed by atoms with Gasteiger partial charge in [0.25, 0.3) is 0 Å². The zero-order valence-corrected chi connectivity index (χ0v) is 24.6. The van der Waals surface area contributed by atoms with Crippen molar-refractivity contribution in [1.82, 2.24) is 4.57 Å². The molecule has 12 heteroatoms. The molecule has 3 aromatic carbocycles. The molecule has 8 nitrogen and oxygen atoms in total. The fourth-order valence-electron chi connectivity index (χ4n) is 5.15. The van der Waals surface area contributed by atoms with Crippen LogP contribution in [0.15, 0.2) is 87.1 Å². The van der Waals surface area contributed by atoms with E-state index in [1.807, 2.05) is 0 Å². The van der Waals surface area contributed by atoms with Crippen LogP contribution in [0, 0.1) is 11.7 Å². The van der Waals surface area contributed by atoms with Crippen molar-refractivity contribution in [2.45, 2.75) is 22.7 Å². The summed E-state index contributed by atoms with van der Waals surface area (Å²) in [6.45, 7) is -0.282. The Kier molecular flexibility index (Phi) is 7.30. The molecule has 1 aromatic heterocycles. The van der Waals surface area contributed by atoms with Crippen molar-refractivity contribution >= 4 is 68.1 Å². The van der Waals surface area contributed by atoms with Crippen molar-refractivity contribution in [3.05, 3.63) is 103 Å². The Hall–Kier alpha value is -3.74. The van der Waals surface area contributed by atoms with Gasteiger partial charge in [-0.3, -0.25) is 23.7 Å². The number of fused-ring (bicyclic) bond motifs is 2. The van der Waals surface area contributed by atoms with Crippen molar-refractivity contribution in [2.75, 3.05) is 17.3 Å². The molecule has 0 saturated carbocycles. The monoisotopic (exact) mass is 653 g/mol. The molecule has 3 heterocycles. The second-order valence-electron chi connectivity index (χ2n) is 9.48. The molecular weight excluding hydrogens is 633 g/mol. The number of halogens is 2. The van der Waals surface area contributed by atoms with Gasteiger partial charge in [-0.05, 0) is 66.2 Å². The van der Waals surface area contributed by atoms with Crippen LogP contribution in [0.3, 0.4) is 0 Å². The maximum absolute atomic E-state index is 13.9. The Balaban J connectivity index is 1.38. The number of nitrogens with one attached hydrogen (secondary N) is 1. The molecule has 3 unspecified atom stereocenters. The van der Waals surface area contributed by atoms with Gasteiger partial charge in [-0.2, -0.15) is 0 Å². The first-order valence-corrected chi connectivity index (χ1v) is 15.0. The molecule has 0 bridgehead atoms. The highest BCUT2D eigenvalue weighted by molar-refractivity contribution is 9.10. The van der Waals surface area contributed by atoms with Crippen molar-refractivity contribution in [3.8, 4) is 5.75 Å². The highest BCUT2D eigenvalue weighted by Crippen LogP contribution is 2.53. The Morgan fingerprint density at radius 1 is 0.976 bits per heavy atom. The van der Waals surface area contributed by atoms with Crippen LogP contribution in [0.25, 0.3) is 0 Å². The van der Waals surface area contributed by atoms with Crippen LogP contribution in [-0.4, -0.2) is 34.6 Å². The lowest BCUT2D eigenvalue weighted by atomic mass is 9.83. The summed E-state index contributed by atoms with van der Waals surface area (Å²) in [5, 5.41) is 2.40. The second kappa shape index (κ2) is 10.9. The number of hydrogen-bond donors (Lipinski definition) is 1. The molecule has 1 N–H and O–H groups in total. The summed E-state index contributed by atoms with van der Waals surface area (Å²) in [5.41, 5.74) is 1.58. The number of thiazole rings is 1. The molecular formula is C29H21BrFN3O5S2. The number of methoxy groups -OCH3 is 1. The standard InChI is InChI=1S/C29H21BrFN3O5S2/c1-39-20-12-8-18(9-13-20)32-21(35)14-33-28-25(41-29(33)38)22(15-2-6-17(31)7-3-15)23-24(40-28)27(37)34(26(23)36)19-10-4-16(30)5-11-19/h2-13,22-24H,14H2,1H3,(H,32,35). The summed E-state index contributed by atoms with van der Waals surface area (Å²) in [7, 11) is 1.54. The number of aromatic nitrogens is 1. The van der Waals surface area contributed by atoms with Crippen molar-refractivity contribution in [3.63, 3.8) is 0 Å². The lowest BCUT2D eigenvalue weighted by Crippen LogP contribution is -2.33. The summed E-state index contributed by atoms with van der Waals surface area (Å²) in [4.78, 5) is 55.2. The van der Waals surface area contributed by atoms with Gasteiger partial charge < -0.3 is 10.1 Å². The van der Waals surface area contributed by atoms with Crippen molar-refractivity contribution in [1.29, 1.82) is 0 Å². The van der Waals surface area contributed by atoms with Crippen LogP contribution < -0.4 is 19.8 Å². The number of amides is 3. The molecule has 1 fully saturated rings. The summed E-state index contributed by atoms with van der Waals surface area (Å²) < 4.78 is 21.2. The van der Waals surface area contributed by atoms with Crippen LogP contribution in [-0.2, 0) is 20.9 Å². The average molecular weight is 655 g/mol. The van der Waals surface area contributed by atoms with E-state index in [0.717, 1.165) is 27.6 Å². The van der Waals surface area contributed by atoms with E-state index in [2.05, 4.69) is 21.2 Å². The topological polar surface area (TPSA) is 97.7 Å². The van der Waals surface area contributed by atoms with Gasteiger partial charge in [0.1, 0.15) is 23.4 Å². The van der Waals surface area contributed by atoms with E-state index in [9.17, 15) is 23.6 Å². The molecule has 2 aliphatic rings. The van der Waals surface area contributed by atoms with E-state index in [1.165, 1.54) is 21.6 Å². The Morgan fingerprint density at radius 2 is 1.66 bits per heavy atom. The zero-order valence-electron chi connectivity index (χ0n) is 21.4. The average Bonchev–Trinajstić information content (AvgIpc) is 3.40. The van der Waals surface area contributed by atoms with Gasteiger partial charge in [-0.15, -0.1) is 0 Å². The number of thioether (sulfide) groups is 1. The summed E-state index contributed by atoms with van der Waals surface area (Å²) in [5.74, 6) is -2.51. The van der Waals surface area contributed by atoms with E-state index >= 15 is 0 Å². The molecule has 2 aliphatic heterocycles. The van der Waals surface area contributed by atoms with Crippen LogP contribution in [0.4, 0.5) is 15.8 Å². The van der Waals surface area contributed by atoms with Crippen LogP contribution >= 0.6 is 39.0 Å². The fraction of sp³-hybridized carbons (Fsp3) is 0.172. The highest BCUT2D eigenvalue weighted by Gasteiger charge is 2.56. The van der Waals surface area contributed by atoms with Gasteiger partial charge >= 0.3 is 4.87 Å². The molecule has 6 rings (SSSR count). The molecule has 3 amide bonds. The number of rotatable bonds is 6. The Morgan fingerprint density at radius 3 is 2.32 bits per heavy atom. The molecule has 3 atom stereocenters. The third kappa shape index (κ3) is 5.00. The minimum absolute atomic E-state index is 0.282. The van der Waals surface area contributed by atoms with Crippen molar-refractivity contribution in [2.24, 2.45) is 5.92 Å². The summed E-state index contributed by atoms with van der Waals surface area (Å²) >= 11 is 5.44. The number of hydrogen-bond acceptors (Lipinski definition) is 7. The molecule has 0 spiro atoms. The normalized spacial score (nSPS) is 19.6. The first-order chi connectivity index (χ1) is 19.7. The van der Waals surface area contributed by atoms with E-state index < -0.39 is 34.7 Å². The molecule has 1 saturated heterocycles. The quantitative estimate of drug-likeness (QED) is 0.285. The number of carbonyl (C=O) groups is 3. The molecule has 208 valence electrons. The Bertz CT molecular complexity index is 1720. The third-order valence-electron chi connectivity index (χ3n) is 7.04. The van der Waals surface area contributed by atoms with Gasteiger partial charge in [0.05, 0.1) is 23.7 Å². The van der Waals surface area contributed by atoms with Crippen LogP contribution in [0.5, 0.6) is 5.75 Å². The number of benzene rings is 3. The predicted octanol–water partition coefficient (Wildman–Crippen LogP) is 5.25. The van der Waals surface area contributed by atoms with Gasteiger partial charge in [0, 0.05) is 21.0 Å². The SMILES string of the molecule is COc1ccc(NC(=O)Cn2c3c(sc2=O)C(c2ccc(F)cc2)C2C(=O)N(c4ccc(Br)cc4)C(=O)C2S3)cc1. The maximum Gasteiger partial charge on any atom is 0.308 e. The molecule has 0 radical (unpaired) electrons. The smallest absolute Gasteiger partial charge is 0.308 e. The molecule has 41 heavy (non-hydrogen) atoms. The summed E-state index contributed by atoms with van der Waals surface area (Å²) in [6, 6.07) is 19.4. The minimum Gasteiger partial charge on any atom is -0.497 e. The lowest BCUT2D eigenvalue weighted by Gasteiger charge is -2.30. The molecule has 0 aliphatic carbocycles. The minimum atomic E-state index is -0.835. The lowest BCUT2D eigenvalue weighted by molar-refractivity contribution is -0.122. The van der Waals surface area contributed by atoms with E-state index in [4.69, 9.17) is 4.74 Å². The maximum atomic E-state index is 13.9. The first kappa shape index (κ1) is 27.4. The number of carbonyl (C=O) groups excluding carboxylic acids is 3. The number of imide groups is 1. The van der Waals surface area contributed by atoms with Crippen molar-refractivity contribution < 1.29 is 23.5 Å². The zero-order chi connectivity index (χ0) is 28.8. The van der Waals surface area contributed by atoms with Gasteiger partial charge in [-0.25, -0.2) is 9.29 Å². The van der Waals surface area contributed by atoms with E-state index in [1.54, 1.807) is 67.8 Å². The van der Waals surface area contributed by atoms with E-state index in [0.29, 0.717) is 32.6 Å². The largest absolute Gasteiger partial charge is 0.497 e. The number of nitrogens with zero attached hydrogens (tertiary/aromatic N) is 2. The first-order valence-electron chi connectivity index (χ1n) is 12.5. The van der Waals surface area contributed by atoms with Gasteiger partial charge in [-0.1, -0.05) is 51.2 Å². The molecule has 4 aromatic rings. The third-order valence-corrected chi connectivity index (χ3v) is 10.2. The van der Waals surface area contributed by atoms with Gasteiger partial charge in [0.15, 0.2) is 0 Å². The number of anilines is 2. The van der Waals surface area contributed by atoms with E-state index in [-0.39, 0.29) is 17.3 Å². The Labute approximate surface area is 250 Å². The predicted molar refractivity (Wildman–Crippen MR) is 158 cm³/mol. The number of ether oxygens (including phenoxy) is 1. The van der Waals surface area contributed by atoms with Gasteiger partial charge in [0.2, 0.25) is 17.7 Å².